The van der Waals surface area contributed by atoms with Gasteiger partial charge in [0, 0.05) is 60.9 Å². The number of fused-ring (bicyclic) bond motifs is 1. The molecule has 50 heavy (non-hydrogen) atoms. The minimum atomic E-state index is 0.230. The Morgan fingerprint density at radius 3 is 2.14 bits per heavy atom. The number of carbonyl (C=O) groups excluding carboxylic acids is 1. The highest BCUT2D eigenvalue weighted by molar-refractivity contribution is 5.93. The van der Waals surface area contributed by atoms with Crippen molar-refractivity contribution >= 4 is 35.1 Å². The van der Waals surface area contributed by atoms with Crippen molar-refractivity contribution in [1.29, 1.82) is 0 Å². The van der Waals surface area contributed by atoms with E-state index in [1.165, 1.54) is 44.2 Å². The number of ether oxygens (including phenoxy) is 2. The molecule has 2 aliphatic heterocycles. The molecule has 0 bridgehead atoms. The minimum absolute atomic E-state index is 0.230. The summed E-state index contributed by atoms with van der Waals surface area (Å²) in [6.07, 6.45) is 16.6. The standard InChI is InChI=1S/C29H30N4O3.C7H17N.C6H14/c1-3-4-21(22-5-10-27-28(16-22)36-20-35-27)15-23-18-30-29(17-24(23)19-34)31-25-6-8-26(9-7-25)33-13-11-32(2)12-14-33;1-4-7(5-2)8-6-3;1-3-5-6-4-2/h3-10,15-19H,11-14,20H2,1-2H3,(H,30,31);7-8H,4-6H2,1-3H3;3-6H2,1-2H3/b4-3-,21-15+;;. The molecule has 3 aromatic rings. The quantitative estimate of drug-likeness (QED) is 0.0988. The summed E-state index contributed by atoms with van der Waals surface area (Å²) in [6, 6.07) is 16.7. The molecule has 2 aliphatic rings. The van der Waals surface area contributed by atoms with Gasteiger partial charge in [-0.3, -0.25) is 4.79 Å². The average molecular weight is 684 g/mol. The normalized spacial score (nSPS) is 14.2. The molecule has 0 radical (unpaired) electrons. The number of hydrogen-bond donors (Lipinski definition) is 2. The average Bonchev–Trinajstić information content (AvgIpc) is 3.63. The molecule has 1 saturated heterocycles. The summed E-state index contributed by atoms with van der Waals surface area (Å²) < 4.78 is 10.9. The van der Waals surface area contributed by atoms with Crippen LogP contribution in [0.25, 0.3) is 11.6 Å². The first-order chi connectivity index (χ1) is 24.4. The fraction of sp³-hybridized carbons (Fsp3) is 0.476. The van der Waals surface area contributed by atoms with Gasteiger partial charge in [-0.15, -0.1) is 0 Å². The number of piperazine rings is 1. The first-order valence-electron chi connectivity index (χ1n) is 18.6. The van der Waals surface area contributed by atoms with Crippen LogP contribution < -0.4 is 25.0 Å². The fourth-order valence-electron chi connectivity index (χ4n) is 5.76. The number of unbranched alkanes of at least 4 members (excludes halogenated alkanes) is 3. The van der Waals surface area contributed by atoms with Gasteiger partial charge in [-0.2, -0.15) is 0 Å². The maximum Gasteiger partial charge on any atom is 0.231 e. The maximum absolute atomic E-state index is 12.0. The summed E-state index contributed by atoms with van der Waals surface area (Å²) in [7, 11) is 2.16. The number of anilines is 3. The molecule has 0 atom stereocenters. The second kappa shape index (κ2) is 22.6. The van der Waals surface area contributed by atoms with Crippen LogP contribution in [0.5, 0.6) is 11.5 Å². The molecule has 5 rings (SSSR count). The number of aldehydes is 1. The molecule has 0 saturated carbocycles. The predicted octanol–water partition coefficient (Wildman–Crippen LogP) is 9.61. The molecule has 272 valence electrons. The van der Waals surface area contributed by atoms with E-state index in [1.807, 2.05) is 55.5 Å². The first-order valence-corrected chi connectivity index (χ1v) is 18.6. The van der Waals surface area contributed by atoms with E-state index in [9.17, 15) is 4.79 Å². The Labute approximate surface area is 302 Å². The molecular formula is C42H61N5O3. The first kappa shape index (κ1) is 40.3. The number of aromatic nitrogens is 1. The molecule has 8 nitrogen and oxygen atoms in total. The molecule has 2 N–H and O–H groups in total. The van der Waals surface area contributed by atoms with Gasteiger partial charge in [0.15, 0.2) is 17.8 Å². The van der Waals surface area contributed by atoms with Crippen LogP contribution in [0.15, 0.2) is 66.9 Å². The second-order valence-corrected chi connectivity index (χ2v) is 12.7. The van der Waals surface area contributed by atoms with Gasteiger partial charge in [-0.25, -0.2) is 4.98 Å². The largest absolute Gasteiger partial charge is 0.454 e. The zero-order valence-electron chi connectivity index (χ0n) is 31.6. The number of hydrogen-bond acceptors (Lipinski definition) is 8. The van der Waals surface area contributed by atoms with E-state index >= 15 is 0 Å². The zero-order chi connectivity index (χ0) is 36.1. The third-order valence-electron chi connectivity index (χ3n) is 8.90. The van der Waals surface area contributed by atoms with E-state index in [2.05, 4.69) is 79.2 Å². The summed E-state index contributed by atoms with van der Waals surface area (Å²) in [5, 5.41) is 6.70. The van der Waals surface area contributed by atoms with E-state index in [4.69, 9.17) is 9.47 Å². The molecule has 0 spiro atoms. The minimum Gasteiger partial charge on any atom is -0.454 e. The Balaban J connectivity index is 0.000000408. The van der Waals surface area contributed by atoms with E-state index in [0.29, 0.717) is 11.4 Å². The molecule has 0 amide bonds. The highest BCUT2D eigenvalue weighted by Crippen LogP contribution is 2.35. The Morgan fingerprint density at radius 2 is 1.56 bits per heavy atom. The highest BCUT2D eigenvalue weighted by atomic mass is 16.7. The summed E-state index contributed by atoms with van der Waals surface area (Å²) in [5.74, 6) is 2.08. The van der Waals surface area contributed by atoms with E-state index in [1.54, 1.807) is 12.3 Å². The van der Waals surface area contributed by atoms with Crippen molar-refractivity contribution in [2.24, 2.45) is 0 Å². The SMILES string of the molecule is C/C=C\C(=C/c1cnc(Nc2ccc(N3CCN(C)CC3)cc2)cc1C=O)c1ccc2c(c1)OCO2.CCCCCC.CCNC(CC)CC. The summed E-state index contributed by atoms with van der Waals surface area (Å²) >= 11 is 0. The van der Waals surface area contributed by atoms with Gasteiger partial charge in [0.1, 0.15) is 5.82 Å². The third-order valence-corrected chi connectivity index (χ3v) is 8.90. The number of carbonyl (C=O) groups is 1. The van der Waals surface area contributed by atoms with Crippen LogP contribution in [0.3, 0.4) is 0 Å². The number of nitrogens with one attached hydrogen (secondary N) is 2. The molecular weight excluding hydrogens is 622 g/mol. The van der Waals surface area contributed by atoms with Crippen LogP contribution in [0.4, 0.5) is 17.2 Å². The Hall–Kier alpha value is -4.14. The topological polar surface area (TPSA) is 79.0 Å². The van der Waals surface area contributed by atoms with Gasteiger partial charge in [0.05, 0.1) is 0 Å². The van der Waals surface area contributed by atoms with Crippen molar-refractivity contribution < 1.29 is 14.3 Å². The molecule has 0 aliphatic carbocycles. The van der Waals surface area contributed by atoms with Crippen LogP contribution in [-0.2, 0) is 0 Å². The van der Waals surface area contributed by atoms with Crippen LogP contribution in [-0.4, -0.2) is 68.8 Å². The Morgan fingerprint density at radius 1 is 0.880 bits per heavy atom. The fourth-order valence-corrected chi connectivity index (χ4v) is 5.76. The summed E-state index contributed by atoms with van der Waals surface area (Å²) in [4.78, 5) is 21.3. The lowest BCUT2D eigenvalue weighted by atomic mass is 10.0. The highest BCUT2D eigenvalue weighted by Gasteiger charge is 2.16. The van der Waals surface area contributed by atoms with Crippen molar-refractivity contribution in [2.45, 2.75) is 86.1 Å². The predicted molar refractivity (Wildman–Crippen MR) is 212 cm³/mol. The van der Waals surface area contributed by atoms with Gasteiger partial charge in [0.25, 0.3) is 0 Å². The number of benzene rings is 2. The lowest BCUT2D eigenvalue weighted by Crippen LogP contribution is -2.44. The van der Waals surface area contributed by atoms with E-state index in [0.717, 1.165) is 78.9 Å². The van der Waals surface area contributed by atoms with Gasteiger partial charge in [-0.05, 0) is 93.0 Å². The number of rotatable bonds is 14. The van der Waals surface area contributed by atoms with Crippen molar-refractivity contribution in [3.05, 3.63) is 83.6 Å². The number of nitrogens with zero attached hydrogens (tertiary/aromatic N) is 3. The van der Waals surface area contributed by atoms with Gasteiger partial charge < -0.3 is 29.9 Å². The van der Waals surface area contributed by atoms with Crippen LogP contribution in [0.2, 0.25) is 0 Å². The van der Waals surface area contributed by atoms with Gasteiger partial charge in [0.2, 0.25) is 6.79 Å². The zero-order valence-corrected chi connectivity index (χ0v) is 31.6. The maximum atomic E-state index is 12.0. The van der Waals surface area contributed by atoms with Crippen LogP contribution in [0.1, 0.15) is 102 Å². The van der Waals surface area contributed by atoms with Crippen LogP contribution in [0, 0.1) is 0 Å². The lowest BCUT2D eigenvalue weighted by Gasteiger charge is -2.34. The van der Waals surface area contributed by atoms with E-state index < -0.39 is 0 Å². The summed E-state index contributed by atoms with van der Waals surface area (Å²) in [6.45, 7) is 18.6. The lowest BCUT2D eigenvalue weighted by molar-refractivity contribution is 0.112. The third kappa shape index (κ3) is 13.0. The second-order valence-electron chi connectivity index (χ2n) is 12.7. The monoisotopic (exact) mass is 683 g/mol. The Bertz CT molecular complexity index is 1470. The summed E-state index contributed by atoms with van der Waals surface area (Å²) in [5.41, 5.74) is 5.36. The van der Waals surface area contributed by atoms with Crippen molar-refractivity contribution in [3.63, 3.8) is 0 Å². The van der Waals surface area contributed by atoms with Crippen molar-refractivity contribution in [2.75, 3.05) is 56.8 Å². The van der Waals surface area contributed by atoms with E-state index in [-0.39, 0.29) is 6.79 Å². The van der Waals surface area contributed by atoms with Crippen molar-refractivity contribution in [1.82, 2.24) is 15.2 Å². The molecule has 3 heterocycles. The van der Waals surface area contributed by atoms with Crippen LogP contribution >= 0.6 is 0 Å². The van der Waals surface area contributed by atoms with Crippen molar-refractivity contribution in [3.8, 4) is 11.5 Å². The smallest absolute Gasteiger partial charge is 0.231 e. The molecule has 0 unspecified atom stereocenters. The number of pyridine rings is 1. The Kier molecular flexibility index (Phi) is 18.2. The van der Waals surface area contributed by atoms with Gasteiger partial charge in [-0.1, -0.05) is 78.5 Å². The molecule has 1 aromatic heterocycles. The molecule has 1 fully saturated rings. The number of likely N-dealkylation sites (N-methyl/N-ethyl adjacent to an activating group) is 1. The molecule has 8 heteroatoms. The molecule has 2 aromatic carbocycles. The number of allylic oxidation sites excluding steroid dienone is 3. The van der Waals surface area contributed by atoms with Gasteiger partial charge >= 0.3 is 0 Å².